The normalized spacial score (nSPS) is 12.8. The maximum atomic E-state index is 5.02. The first-order valence-corrected chi connectivity index (χ1v) is 14.5. The highest BCUT2D eigenvalue weighted by Gasteiger charge is 2.37. The van der Waals surface area contributed by atoms with E-state index >= 15 is 0 Å². The summed E-state index contributed by atoms with van der Waals surface area (Å²) in [5.74, 6) is 0. The van der Waals surface area contributed by atoms with E-state index in [1.54, 1.807) is 0 Å². The number of anilines is 1. The van der Waals surface area contributed by atoms with Gasteiger partial charge in [0.25, 0.3) is 0 Å². The van der Waals surface area contributed by atoms with Gasteiger partial charge in [-0.15, -0.1) is 0 Å². The number of benzene rings is 1. The molecule has 0 saturated heterocycles. The third-order valence-corrected chi connectivity index (χ3v) is 15.4. The molecule has 0 aliphatic heterocycles. The van der Waals surface area contributed by atoms with E-state index in [0.717, 1.165) is 0 Å². The third kappa shape index (κ3) is 4.54. The average molecular weight is 350 g/mol. The second-order valence-corrected chi connectivity index (χ2v) is 16.2. The highest BCUT2D eigenvalue weighted by atomic mass is 28.3. The molecule has 0 radical (unpaired) electrons. The summed E-state index contributed by atoms with van der Waals surface area (Å²) in [4.78, 5) is 0. The van der Waals surface area contributed by atoms with E-state index in [1.165, 1.54) is 42.0 Å². The maximum Gasteiger partial charge on any atom is 0.211 e. The van der Waals surface area contributed by atoms with E-state index in [4.69, 9.17) is 10.0 Å². The molecule has 0 aromatic heterocycles. The Labute approximate surface area is 145 Å². The lowest BCUT2D eigenvalue weighted by molar-refractivity contribution is 0.941. The van der Waals surface area contributed by atoms with Crippen molar-refractivity contribution in [2.75, 3.05) is 4.67 Å². The fourth-order valence-corrected chi connectivity index (χ4v) is 8.91. The van der Waals surface area contributed by atoms with E-state index in [2.05, 4.69) is 76.5 Å². The minimum atomic E-state index is -1.63. The van der Waals surface area contributed by atoms with Gasteiger partial charge in [0.2, 0.25) is 8.24 Å². The van der Waals surface area contributed by atoms with Crippen LogP contribution in [0.5, 0.6) is 0 Å². The van der Waals surface area contributed by atoms with Crippen LogP contribution in [0.1, 0.15) is 41.5 Å². The summed E-state index contributed by atoms with van der Waals surface area (Å²) in [6.07, 6.45) is 0. The molecule has 0 spiro atoms. The summed E-state index contributed by atoms with van der Waals surface area (Å²) in [6, 6.07) is 17.9. The SMILES string of the molecule is CC[Si](CC)(CC)N=NN(c1ccccc1)[Si](CC)(CC)CC. The van der Waals surface area contributed by atoms with Gasteiger partial charge < -0.3 is 0 Å². The van der Waals surface area contributed by atoms with Crippen molar-refractivity contribution in [3.8, 4) is 0 Å². The first-order chi connectivity index (χ1) is 11.1. The van der Waals surface area contributed by atoms with Gasteiger partial charge in [0.05, 0.1) is 5.69 Å². The molecule has 0 aliphatic rings. The third-order valence-electron chi connectivity index (χ3n) is 5.75. The quantitative estimate of drug-likeness (QED) is 0.257. The van der Waals surface area contributed by atoms with Gasteiger partial charge in [0, 0.05) is 0 Å². The lowest BCUT2D eigenvalue weighted by atomic mass is 10.3. The second-order valence-electron chi connectivity index (χ2n) is 6.41. The summed E-state index contributed by atoms with van der Waals surface area (Å²) in [7, 11) is -3.22. The smallest absolute Gasteiger partial charge is 0.211 e. The van der Waals surface area contributed by atoms with Crippen LogP contribution in [0.3, 0.4) is 0 Å². The lowest BCUT2D eigenvalue weighted by Gasteiger charge is -2.38. The predicted molar refractivity (Wildman–Crippen MR) is 108 cm³/mol. The Morgan fingerprint density at radius 2 is 1.22 bits per heavy atom. The Hall–Kier alpha value is -0.946. The number of para-hydroxylation sites is 1. The van der Waals surface area contributed by atoms with Gasteiger partial charge in [-0.25, -0.2) is 4.78 Å². The van der Waals surface area contributed by atoms with E-state index < -0.39 is 16.5 Å². The molecule has 0 saturated carbocycles. The molecule has 1 aromatic carbocycles. The molecule has 0 aliphatic carbocycles. The fourth-order valence-electron chi connectivity index (χ4n) is 3.29. The first kappa shape index (κ1) is 20.1. The van der Waals surface area contributed by atoms with Crippen molar-refractivity contribution in [1.82, 2.24) is 0 Å². The van der Waals surface area contributed by atoms with Crippen LogP contribution in [0, 0.1) is 0 Å². The molecule has 0 heterocycles. The van der Waals surface area contributed by atoms with Crippen LogP contribution in [0.2, 0.25) is 36.3 Å². The molecule has 5 heteroatoms. The Bertz CT molecular complexity index is 452. The zero-order valence-electron chi connectivity index (χ0n) is 16.0. The van der Waals surface area contributed by atoms with Gasteiger partial charge in [-0.3, -0.25) is 4.67 Å². The number of nitrogens with zero attached hydrogens (tertiary/aromatic N) is 3. The molecule has 1 rings (SSSR count). The Balaban J connectivity index is 3.31. The van der Waals surface area contributed by atoms with E-state index in [9.17, 15) is 0 Å². The van der Waals surface area contributed by atoms with Gasteiger partial charge in [-0.2, -0.15) is 0 Å². The van der Waals surface area contributed by atoms with Gasteiger partial charge in [-0.1, -0.05) is 65.0 Å². The molecule has 0 amide bonds. The van der Waals surface area contributed by atoms with Gasteiger partial charge in [0.1, 0.15) is 0 Å². The zero-order chi connectivity index (χ0) is 17.3. The molecule has 130 valence electrons. The van der Waals surface area contributed by atoms with Gasteiger partial charge in [-0.05, 0) is 48.4 Å². The van der Waals surface area contributed by atoms with Crippen LogP contribution >= 0.6 is 0 Å². The van der Waals surface area contributed by atoms with Crippen molar-refractivity contribution >= 4 is 22.2 Å². The Morgan fingerprint density at radius 3 is 1.61 bits per heavy atom. The van der Waals surface area contributed by atoms with Crippen molar-refractivity contribution < 1.29 is 0 Å². The fraction of sp³-hybridized carbons (Fsp3) is 0.667. The summed E-state index contributed by atoms with van der Waals surface area (Å²) >= 11 is 0. The standard InChI is InChI=1S/C18H35N3Si2/c1-7-22(8-2,9-3)20-19-21(18-16-14-13-15-17-18)23(10-4,11-5)12-6/h13-17H,7-12H2,1-6H3. The van der Waals surface area contributed by atoms with Crippen LogP contribution in [0.4, 0.5) is 5.69 Å². The summed E-state index contributed by atoms with van der Waals surface area (Å²) in [5, 5.41) is 4.95. The first-order valence-electron chi connectivity index (χ1n) is 9.35. The number of hydrogen-bond acceptors (Lipinski definition) is 2. The number of rotatable bonds is 10. The Morgan fingerprint density at radius 1 is 0.739 bits per heavy atom. The highest BCUT2D eigenvalue weighted by Crippen LogP contribution is 2.32. The van der Waals surface area contributed by atoms with Crippen LogP contribution < -0.4 is 4.67 Å². The molecule has 0 fully saturated rings. The molecule has 1 aromatic rings. The van der Waals surface area contributed by atoms with Crippen LogP contribution in [0.25, 0.3) is 0 Å². The Kier molecular flexibility index (Phi) is 8.19. The molecular formula is C18H35N3Si2. The maximum absolute atomic E-state index is 5.02. The van der Waals surface area contributed by atoms with Crippen molar-refractivity contribution in [3.63, 3.8) is 0 Å². The van der Waals surface area contributed by atoms with E-state index in [0.29, 0.717) is 0 Å². The summed E-state index contributed by atoms with van der Waals surface area (Å²) < 4.78 is 7.38. The average Bonchev–Trinajstić information content (AvgIpc) is 2.63. The monoisotopic (exact) mass is 349 g/mol. The van der Waals surface area contributed by atoms with Crippen molar-refractivity contribution in [1.29, 1.82) is 0 Å². The molecule has 23 heavy (non-hydrogen) atoms. The van der Waals surface area contributed by atoms with Gasteiger partial charge in [0.15, 0.2) is 8.24 Å². The second kappa shape index (κ2) is 9.37. The lowest BCUT2D eigenvalue weighted by Crippen LogP contribution is -2.50. The highest BCUT2D eigenvalue weighted by molar-refractivity contribution is 6.83. The van der Waals surface area contributed by atoms with Crippen LogP contribution in [-0.2, 0) is 0 Å². The predicted octanol–water partition coefficient (Wildman–Crippen LogP) is 6.87. The van der Waals surface area contributed by atoms with Crippen molar-refractivity contribution in [2.24, 2.45) is 10.0 Å². The van der Waals surface area contributed by atoms with Crippen molar-refractivity contribution in [2.45, 2.75) is 77.8 Å². The minimum absolute atomic E-state index is 1.19. The zero-order valence-corrected chi connectivity index (χ0v) is 18.0. The van der Waals surface area contributed by atoms with Crippen LogP contribution in [-0.4, -0.2) is 16.5 Å². The van der Waals surface area contributed by atoms with E-state index in [1.807, 2.05) is 0 Å². The molecule has 3 nitrogen and oxygen atoms in total. The molecule has 0 unspecified atom stereocenters. The van der Waals surface area contributed by atoms with Crippen molar-refractivity contribution in [3.05, 3.63) is 30.3 Å². The number of hydrogen-bond donors (Lipinski definition) is 0. The molecule has 0 N–H and O–H groups in total. The molecular weight excluding hydrogens is 314 g/mol. The van der Waals surface area contributed by atoms with Crippen LogP contribution in [0.15, 0.2) is 40.3 Å². The van der Waals surface area contributed by atoms with E-state index in [-0.39, 0.29) is 0 Å². The summed E-state index contributed by atoms with van der Waals surface area (Å²) in [5.41, 5.74) is 1.22. The minimum Gasteiger partial charge on any atom is -0.277 e. The molecule has 0 bridgehead atoms. The topological polar surface area (TPSA) is 28.0 Å². The largest absolute Gasteiger partial charge is 0.277 e. The van der Waals surface area contributed by atoms with Gasteiger partial charge >= 0.3 is 0 Å². The molecule has 0 atom stereocenters. The summed E-state index contributed by atoms with van der Waals surface area (Å²) in [6.45, 7) is 13.8.